The van der Waals surface area contributed by atoms with E-state index in [4.69, 9.17) is 9.90 Å². The summed E-state index contributed by atoms with van der Waals surface area (Å²) in [4.78, 5) is 30.8. The molecule has 2 rings (SSSR count). The average molecular weight is 313 g/mol. The Balaban J connectivity index is 0.000000745. The van der Waals surface area contributed by atoms with Gasteiger partial charge in [0.2, 0.25) is 12.3 Å². The highest BCUT2D eigenvalue weighted by Gasteiger charge is 2.26. The molecule has 1 N–H and O–H groups in total. The molecule has 124 valence electrons. The number of hydrogen-bond donors (Lipinski definition) is 1. The maximum Gasteiger partial charge on any atom is 0.290 e. The van der Waals surface area contributed by atoms with E-state index in [0.717, 1.165) is 26.2 Å². The zero-order chi connectivity index (χ0) is 16.5. The lowest BCUT2D eigenvalue weighted by Gasteiger charge is -2.36. The van der Waals surface area contributed by atoms with Gasteiger partial charge in [0.25, 0.3) is 6.47 Å². The van der Waals surface area contributed by atoms with Crippen LogP contribution >= 0.6 is 0 Å². The summed E-state index contributed by atoms with van der Waals surface area (Å²) in [5.41, 5.74) is 0. The number of carbonyl (C=O) groups is 2. The summed E-state index contributed by atoms with van der Waals surface area (Å²) in [6.07, 6.45) is 1.28. The molecular formula is C13H23N5O4. The van der Waals surface area contributed by atoms with Gasteiger partial charge in [-0.15, -0.1) is 0 Å². The molecule has 22 heavy (non-hydrogen) atoms. The number of hydrogen-bond acceptors (Lipinski definition) is 7. The number of amides is 1. The Labute approximate surface area is 129 Å². The van der Waals surface area contributed by atoms with Crippen molar-refractivity contribution in [2.75, 3.05) is 40.3 Å². The number of piperazine rings is 1. The van der Waals surface area contributed by atoms with Gasteiger partial charge in [0.15, 0.2) is 5.82 Å². The van der Waals surface area contributed by atoms with Gasteiger partial charge in [0, 0.05) is 33.2 Å². The monoisotopic (exact) mass is 313 g/mol. The topological polar surface area (TPSA) is 103 Å². The summed E-state index contributed by atoms with van der Waals surface area (Å²) >= 11 is 0. The van der Waals surface area contributed by atoms with Crippen molar-refractivity contribution in [2.24, 2.45) is 0 Å². The summed E-state index contributed by atoms with van der Waals surface area (Å²) in [6, 6.07) is -0.106. The van der Waals surface area contributed by atoms with Crippen molar-refractivity contribution in [3.63, 3.8) is 0 Å². The molecule has 1 aromatic heterocycles. The maximum absolute atomic E-state index is 12.3. The maximum atomic E-state index is 12.3. The van der Waals surface area contributed by atoms with Crippen LogP contribution in [0.1, 0.15) is 12.7 Å². The van der Waals surface area contributed by atoms with E-state index in [1.54, 1.807) is 11.9 Å². The first-order valence-electron chi connectivity index (χ1n) is 7.00. The van der Waals surface area contributed by atoms with E-state index >= 15 is 0 Å². The van der Waals surface area contributed by atoms with Crippen LogP contribution in [0.4, 0.5) is 0 Å². The Morgan fingerprint density at radius 3 is 2.59 bits per heavy atom. The predicted octanol–water partition coefficient (Wildman–Crippen LogP) is -0.635. The standard InChI is InChI=1S/C12H21N5O2.CH2O2/c1-10(17-6-4-15(2)5-7-17)12(18)16(3)8-11-13-9-19-14-11;2-1-3/h9-10H,4-8H2,1-3H3;1H,(H,2,3). The summed E-state index contributed by atoms with van der Waals surface area (Å²) in [7, 11) is 3.87. The third-order valence-corrected chi connectivity index (χ3v) is 3.60. The second kappa shape index (κ2) is 9.11. The fourth-order valence-electron chi connectivity index (χ4n) is 2.24. The zero-order valence-electron chi connectivity index (χ0n) is 13.2. The van der Waals surface area contributed by atoms with Crippen molar-refractivity contribution in [3.05, 3.63) is 12.2 Å². The van der Waals surface area contributed by atoms with Gasteiger partial charge < -0.3 is 19.4 Å². The van der Waals surface area contributed by atoms with E-state index in [1.165, 1.54) is 6.39 Å². The lowest BCUT2D eigenvalue weighted by molar-refractivity contribution is -0.136. The fraction of sp³-hybridized carbons (Fsp3) is 0.692. The van der Waals surface area contributed by atoms with Gasteiger partial charge in [-0.3, -0.25) is 14.5 Å². The summed E-state index contributed by atoms with van der Waals surface area (Å²) in [5, 5.41) is 10.6. The molecule has 1 aromatic rings. The first-order valence-corrected chi connectivity index (χ1v) is 7.00. The third kappa shape index (κ3) is 5.41. The molecule has 0 saturated carbocycles. The van der Waals surface area contributed by atoms with Gasteiger partial charge in [-0.25, -0.2) is 0 Å². The number of carboxylic acid groups (broad SMARTS) is 1. The summed E-state index contributed by atoms with van der Waals surface area (Å²) < 4.78 is 4.67. The first kappa shape index (κ1) is 18.1. The minimum Gasteiger partial charge on any atom is -0.483 e. The van der Waals surface area contributed by atoms with Crippen LogP contribution in [0.2, 0.25) is 0 Å². The first-order chi connectivity index (χ1) is 10.5. The fourth-order valence-corrected chi connectivity index (χ4v) is 2.24. The van der Waals surface area contributed by atoms with Crippen molar-refractivity contribution in [3.8, 4) is 0 Å². The molecular weight excluding hydrogens is 290 g/mol. The van der Waals surface area contributed by atoms with Crippen molar-refractivity contribution in [2.45, 2.75) is 19.5 Å². The second-order valence-corrected chi connectivity index (χ2v) is 5.16. The molecule has 1 aliphatic heterocycles. The van der Waals surface area contributed by atoms with Crippen LogP contribution in [0.3, 0.4) is 0 Å². The Kier molecular flexibility index (Phi) is 7.47. The van der Waals surface area contributed by atoms with Crippen molar-refractivity contribution < 1.29 is 19.2 Å². The van der Waals surface area contributed by atoms with Gasteiger partial charge in [-0.1, -0.05) is 5.16 Å². The molecule has 0 aliphatic carbocycles. The minimum absolute atomic E-state index is 0.0920. The molecule has 1 atom stereocenters. The molecule has 0 aromatic carbocycles. The van der Waals surface area contributed by atoms with E-state index in [9.17, 15) is 4.79 Å². The van der Waals surface area contributed by atoms with Crippen LogP contribution in [0, 0.1) is 0 Å². The average Bonchev–Trinajstić information content (AvgIpc) is 3.00. The van der Waals surface area contributed by atoms with E-state index in [2.05, 4.69) is 31.5 Å². The summed E-state index contributed by atoms with van der Waals surface area (Å²) in [5.74, 6) is 0.621. The van der Waals surface area contributed by atoms with Crippen LogP contribution in [0.5, 0.6) is 0 Å². The molecule has 1 unspecified atom stereocenters. The summed E-state index contributed by atoms with van der Waals surface area (Å²) in [6.45, 7) is 5.96. The SMILES string of the molecule is CC(C(=O)N(C)Cc1ncon1)N1CCN(C)CC1.O=CO. The van der Waals surface area contributed by atoms with Crippen LogP contribution in [0.15, 0.2) is 10.9 Å². The zero-order valence-corrected chi connectivity index (χ0v) is 13.2. The molecule has 9 nitrogen and oxygen atoms in total. The Bertz CT molecular complexity index is 445. The molecule has 9 heteroatoms. The third-order valence-electron chi connectivity index (χ3n) is 3.60. The van der Waals surface area contributed by atoms with Gasteiger partial charge in [0.05, 0.1) is 12.6 Å². The largest absolute Gasteiger partial charge is 0.483 e. The van der Waals surface area contributed by atoms with Crippen LogP contribution in [-0.2, 0) is 16.1 Å². The van der Waals surface area contributed by atoms with Gasteiger partial charge in [0.1, 0.15) is 0 Å². The molecule has 0 spiro atoms. The number of nitrogens with zero attached hydrogens (tertiary/aromatic N) is 5. The molecule has 1 aliphatic rings. The lowest BCUT2D eigenvalue weighted by atomic mass is 10.2. The van der Waals surface area contributed by atoms with E-state index in [0.29, 0.717) is 12.4 Å². The Morgan fingerprint density at radius 1 is 1.50 bits per heavy atom. The van der Waals surface area contributed by atoms with Crippen molar-refractivity contribution in [1.82, 2.24) is 24.8 Å². The molecule has 0 bridgehead atoms. The molecule has 1 saturated heterocycles. The van der Waals surface area contributed by atoms with Crippen molar-refractivity contribution >= 4 is 12.4 Å². The van der Waals surface area contributed by atoms with Crippen LogP contribution < -0.4 is 0 Å². The second-order valence-electron chi connectivity index (χ2n) is 5.16. The quantitative estimate of drug-likeness (QED) is 0.733. The van der Waals surface area contributed by atoms with E-state index < -0.39 is 0 Å². The minimum atomic E-state index is -0.250. The number of carbonyl (C=O) groups excluding carboxylic acids is 1. The Morgan fingerprint density at radius 2 is 2.09 bits per heavy atom. The molecule has 2 heterocycles. The van der Waals surface area contributed by atoms with Crippen LogP contribution in [-0.4, -0.2) is 88.6 Å². The number of likely N-dealkylation sites (N-methyl/N-ethyl adjacent to an activating group) is 2. The highest BCUT2D eigenvalue weighted by atomic mass is 16.5. The van der Waals surface area contributed by atoms with E-state index in [1.807, 2.05) is 6.92 Å². The van der Waals surface area contributed by atoms with Crippen LogP contribution in [0.25, 0.3) is 0 Å². The normalized spacial score (nSPS) is 17.2. The number of rotatable bonds is 4. The highest BCUT2D eigenvalue weighted by Crippen LogP contribution is 2.08. The van der Waals surface area contributed by atoms with Gasteiger partial charge in [-0.05, 0) is 14.0 Å². The van der Waals surface area contributed by atoms with E-state index in [-0.39, 0.29) is 18.4 Å². The smallest absolute Gasteiger partial charge is 0.290 e. The van der Waals surface area contributed by atoms with Crippen molar-refractivity contribution in [1.29, 1.82) is 0 Å². The lowest BCUT2D eigenvalue weighted by Crippen LogP contribution is -2.53. The number of aromatic nitrogens is 2. The molecule has 0 radical (unpaired) electrons. The molecule has 1 amide bonds. The van der Waals surface area contributed by atoms with Gasteiger partial charge >= 0.3 is 0 Å². The predicted molar refractivity (Wildman–Crippen MR) is 78.0 cm³/mol. The Hall–Kier alpha value is -2.00. The van der Waals surface area contributed by atoms with Gasteiger partial charge in [-0.2, -0.15) is 4.98 Å². The highest BCUT2D eigenvalue weighted by molar-refractivity contribution is 5.81. The molecule has 1 fully saturated rings.